The average Bonchev–Trinajstić information content (AvgIpc) is 3.03. The maximum absolute atomic E-state index is 12.3. The van der Waals surface area contributed by atoms with Crippen LogP contribution in [0.4, 0.5) is 0 Å². The summed E-state index contributed by atoms with van der Waals surface area (Å²) in [5.74, 6) is -0.639. The van der Waals surface area contributed by atoms with Crippen molar-refractivity contribution >= 4 is 11.9 Å². The Kier molecular flexibility index (Phi) is 4.88. The van der Waals surface area contributed by atoms with Gasteiger partial charge in [-0.1, -0.05) is 12.1 Å². The Bertz CT molecular complexity index is 654. The molecule has 2 aromatic heterocycles. The molecular weight excluding hydrogens is 286 g/mol. The Morgan fingerprint density at radius 2 is 2.23 bits per heavy atom. The lowest BCUT2D eigenvalue weighted by molar-refractivity contribution is -0.145. The van der Waals surface area contributed by atoms with E-state index >= 15 is 0 Å². The molecule has 0 bridgehead atoms. The number of pyridine rings is 1. The predicted octanol–water partition coefficient (Wildman–Crippen LogP) is 1.62. The van der Waals surface area contributed by atoms with Crippen LogP contribution in [0, 0.1) is 5.92 Å². The third kappa shape index (κ3) is 3.49. The summed E-state index contributed by atoms with van der Waals surface area (Å²) in [7, 11) is 2.92. The molecule has 7 nitrogen and oxygen atoms in total. The van der Waals surface area contributed by atoms with Gasteiger partial charge in [0.15, 0.2) is 11.5 Å². The molecule has 0 aliphatic carbocycles. The summed E-state index contributed by atoms with van der Waals surface area (Å²) in [6.07, 6.45) is 3.27. The van der Waals surface area contributed by atoms with E-state index in [2.05, 4.69) is 14.9 Å². The quantitative estimate of drug-likeness (QED) is 0.780. The molecule has 1 atom stereocenters. The van der Waals surface area contributed by atoms with E-state index in [0.29, 0.717) is 5.76 Å². The first-order chi connectivity index (χ1) is 10.5. The van der Waals surface area contributed by atoms with E-state index in [1.807, 2.05) is 6.07 Å². The van der Waals surface area contributed by atoms with Gasteiger partial charge in [0.25, 0.3) is 5.91 Å². The van der Waals surface area contributed by atoms with E-state index in [-0.39, 0.29) is 24.1 Å². The van der Waals surface area contributed by atoms with Crippen molar-refractivity contribution in [2.24, 2.45) is 5.92 Å². The number of esters is 1. The molecule has 0 aromatic carbocycles. The monoisotopic (exact) mass is 303 g/mol. The Hall–Kier alpha value is -2.70. The van der Waals surface area contributed by atoms with Crippen LogP contribution in [0.3, 0.4) is 0 Å². The standard InChI is InChI=1S/C15H17N3O4/c1-10(15(20)21-3)9-18(2)14(19)12-7-13(22-17-12)11-5-4-6-16-8-11/h4-8,10H,9H2,1-3H3. The van der Waals surface area contributed by atoms with Gasteiger partial charge < -0.3 is 14.2 Å². The van der Waals surface area contributed by atoms with E-state index in [4.69, 9.17) is 4.52 Å². The zero-order chi connectivity index (χ0) is 16.1. The highest BCUT2D eigenvalue weighted by atomic mass is 16.5. The SMILES string of the molecule is COC(=O)C(C)CN(C)C(=O)c1cc(-c2cccnc2)on1. The summed E-state index contributed by atoms with van der Waals surface area (Å²) < 4.78 is 9.81. The maximum atomic E-state index is 12.3. The van der Waals surface area contributed by atoms with Crippen LogP contribution in [-0.4, -0.2) is 47.6 Å². The molecule has 2 heterocycles. The smallest absolute Gasteiger partial charge is 0.310 e. The van der Waals surface area contributed by atoms with Crippen molar-refractivity contribution < 1.29 is 18.8 Å². The lowest BCUT2D eigenvalue weighted by Gasteiger charge is -2.18. The number of ether oxygens (including phenoxy) is 1. The fourth-order valence-corrected chi connectivity index (χ4v) is 1.99. The summed E-state index contributed by atoms with van der Waals surface area (Å²) in [6, 6.07) is 5.13. The zero-order valence-corrected chi connectivity index (χ0v) is 12.6. The van der Waals surface area contributed by atoms with Crippen LogP contribution in [0.25, 0.3) is 11.3 Å². The van der Waals surface area contributed by atoms with E-state index in [1.54, 1.807) is 38.5 Å². The molecule has 0 N–H and O–H groups in total. The molecule has 0 spiro atoms. The minimum atomic E-state index is -0.413. The van der Waals surface area contributed by atoms with Gasteiger partial charge in [0.05, 0.1) is 13.0 Å². The molecule has 0 aliphatic heterocycles. The van der Waals surface area contributed by atoms with Crippen molar-refractivity contribution in [3.8, 4) is 11.3 Å². The number of aromatic nitrogens is 2. The topological polar surface area (TPSA) is 85.5 Å². The molecular formula is C15H17N3O4. The summed E-state index contributed by atoms with van der Waals surface area (Å²) in [5.41, 5.74) is 0.915. The van der Waals surface area contributed by atoms with Crippen molar-refractivity contribution in [2.75, 3.05) is 20.7 Å². The van der Waals surface area contributed by atoms with Gasteiger partial charge in [-0.3, -0.25) is 14.6 Å². The second-order valence-corrected chi connectivity index (χ2v) is 4.93. The molecule has 0 fully saturated rings. The van der Waals surface area contributed by atoms with E-state index in [9.17, 15) is 9.59 Å². The van der Waals surface area contributed by atoms with Crippen molar-refractivity contribution in [3.63, 3.8) is 0 Å². The van der Waals surface area contributed by atoms with Crippen LogP contribution >= 0.6 is 0 Å². The van der Waals surface area contributed by atoms with Crippen LogP contribution in [-0.2, 0) is 9.53 Å². The third-order valence-corrected chi connectivity index (χ3v) is 3.17. The van der Waals surface area contributed by atoms with Crippen molar-refractivity contribution in [3.05, 3.63) is 36.3 Å². The number of carbonyl (C=O) groups is 2. The Morgan fingerprint density at radius 3 is 2.86 bits per heavy atom. The van der Waals surface area contributed by atoms with Crippen LogP contribution < -0.4 is 0 Å². The third-order valence-electron chi connectivity index (χ3n) is 3.17. The maximum Gasteiger partial charge on any atom is 0.310 e. The van der Waals surface area contributed by atoms with Gasteiger partial charge >= 0.3 is 5.97 Å². The first-order valence-corrected chi connectivity index (χ1v) is 6.73. The zero-order valence-electron chi connectivity index (χ0n) is 12.6. The molecule has 116 valence electrons. The van der Waals surface area contributed by atoms with E-state index in [1.165, 1.54) is 12.0 Å². The minimum Gasteiger partial charge on any atom is -0.469 e. The number of hydrogen-bond acceptors (Lipinski definition) is 6. The average molecular weight is 303 g/mol. The Labute approximate surface area is 127 Å². The summed E-state index contributed by atoms with van der Waals surface area (Å²) in [6.45, 7) is 1.93. The summed E-state index contributed by atoms with van der Waals surface area (Å²) in [4.78, 5) is 29.1. The van der Waals surface area contributed by atoms with Gasteiger partial charge in [0.1, 0.15) is 0 Å². The van der Waals surface area contributed by atoms with Crippen LogP contribution in [0.5, 0.6) is 0 Å². The largest absolute Gasteiger partial charge is 0.469 e. The number of hydrogen-bond donors (Lipinski definition) is 0. The fourth-order valence-electron chi connectivity index (χ4n) is 1.99. The van der Waals surface area contributed by atoms with Crippen molar-refractivity contribution in [1.82, 2.24) is 15.0 Å². The highest BCUT2D eigenvalue weighted by molar-refractivity contribution is 5.93. The summed E-state index contributed by atoms with van der Waals surface area (Å²) in [5, 5.41) is 3.78. The second kappa shape index (κ2) is 6.84. The molecule has 2 aromatic rings. The normalized spacial score (nSPS) is 11.8. The Morgan fingerprint density at radius 1 is 1.45 bits per heavy atom. The summed E-state index contributed by atoms with van der Waals surface area (Å²) >= 11 is 0. The van der Waals surface area contributed by atoms with E-state index < -0.39 is 5.92 Å². The Balaban J connectivity index is 2.07. The lowest BCUT2D eigenvalue weighted by atomic mass is 10.1. The van der Waals surface area contributed by atoms with Crippen LogP contribution in [0.1, 0.15) is 17.4 Å². The fraction of sp³-hybridized carbons (Fsp3) is 0.333. The molecule has 0 aliphatic rings. The first-order valence-electron chi connectivity index (χ1n) is 6.73. The van der Waals surface area contributed by atoms with Crippen molar-refractivity contribution in [1.29, 1.82) is 0 Å². The van der Waals surface area contributed by atoms with E-state index in [0.717, 1.165) is 5.56 Å². The van der Waals surface area contributed by atoms with Gasteiger partial charge in [0, 0.05) is 37.6 Å². The number of nitrogens with zero attached hydrogens (tertiary/aromatic N) is 3. The second-order valence-electron chi connectivity index (χ2n) is 4.93. The number of amides is 1. The molecule has 1 amide bonds. The van der Waals surface area contributed by atoms with Gasteiger partial charge in [-0.25, -0.2) is 0 Å². The van der Waals surface area contributed by atoms with Gasteiger partial charge in [-0.05, 0) is 12.1 Å². The lowest BCUT2D eigenvalue weighted by Crippen LogP contribution is -2.34. The van der Waals surface area contributed by atoms with Crippen LogP contribution in [0.2, 0.25) is 0 Å². The molecule has 0 radical (unpaired) electrons. The molecule has 22 heavy (non-hydrogen) atoms. The number of methoxy groups -OCH3 is 1. The molecule has 7 heteroatoms. The van der Waals surface area contributed by atoms with Gasteiger partial charge in [-0.2, -0.15) is 0 Å². The van der Waals surface area contributed by atoms with Crippen LogP contribution in [0.15, 0.2) is 35.1 Å². The van der Waals surface area contributed by atoms with Gasteiger partial charge in [0.2, 0.25) is 0 Å². The van der Waals surface area contributed by atoms with Gasteiger partial charge in [-0.15, -0.1) is 0 Å². The molecule has 0 saturated carbocycles. The van der Waals surface area contributed by atoms with Crippen molar-refractivity contribution in [2.45, 2.75) is 6.92 Å². The first kappa shape index (κ1) is 15.7. The molecule has 0 saturated heterocycles. The predicted molar refractivity (Wildman–Crippen MR) is 77.9 cm³/mol. The minimum absolute atomic E-state index is 0.179. The highest BCUT2D eigenvalue weighted by Crippen LogP contribution is 2.19. The molecule has 1 unspecified atom stereocenters. The number of carbonyl (C=O) groups excluding carboxylic acids is 2. The molecule has 2 rings (SSSR count). The number of rotatable bonds is 5. The highest BCUT2D eigenvalue weighted by Gasteiger charge is 2.22.